The molecule has 4 nitrogen and oxygen atoms in total. The molecule has 0 unspecified atom stereocenters. The van der Waals surface area contributed by atoms with E-state index in [4.69, 9.17) is 6.15 Å². The van der Waals surface area contributed by atoms with Gasteiger partial charge < -0.3 is 0 Å². The van der Waals surface area contributed by atoms with Gasteiger partial charge in [-0.15, -0.1) is 0 Å². The first-order valence-electron chi connectivity index (χ1n) is 7.10. The van der Waals surface area contributed by atoms with E-state index in [-0.39, 0.29) is 11.9 Å². The van der Waals surface area contributed by atoms with Crippen LogP contribution in [0, 0.1) is 0 Å². The maximum atomic E-state index is 12.1. The third kappa shape index (κ3) is 4.23. The van der Waals surface area contributed by atoms with Crippen molar-refractivity contribution in [3.05, 3.63) is 11.1 Å². The van der Waals surface area contributed by atoms with Gasteiger partial charge in [0.1, 0.15) is 0 Å². The maximum absolute atomic E-state index is 12.1. The quantitative estimate of drug-likeness (QED) is 0.668. The molecule has 1 aliphatic heterocycles. The molecule has 0 fully saturated rings. The zero-order chi connectivity index (χ0) is 14.5. The van der Waals surface area contributed by atoms with Gasteiger partial charge in [0.2, 0.25) is 0 Å². The van der Waals surface area contributed by atoms with Crippen LogP contribution in [0.2, 0.25) is 8.87 Å². The molecule has 1 heterocycles. The summed E-state index contributed by atoms with van der Waals surface area (Å²) in [6.07, 6.45) is 3.95. The fourth-order valence-corrected chi connectivity index (χ4v) is 11.9. The summed E-state index contributed by atoms with van der Waals surface area (Å²) in [6.45, 7) is 7.46. The van der Waals surface area contributed by atoms with Crippen LogP contribution in [0.3, 0.4) is 0 Å². The van der Waals surface area contributed by atoms with Crippen LogP contribution in [0.5, 0.6) is 0 Å². The molecular weight excluding hydrogens is 351 g/mol. The molecule has 0 radical (unpaired) electrons. The number of carbonyl (C=O) groups excluding carboxylic acids is 2. The van der Waals surface area contributed by atoms with E-state index < -0.39 is 19.2 Å². The predicted octanol–water partition coefficient (Wildman–Crippen LogP) is 3.47. The van der Waals surface area contributed by atoms with Gasteiger partial charge in [0.05, 0.1) is 0 Å². The molecule has 0 saturated carbocycles. The molecule has 0 N–H and O–H groups in total. The normalized spacial score (nSPS) is 18.9. The van der Waals surface area contributed by atoms with Gasteiger partial charge in [-0.1, -0.05) is 0 Å². The van der Waals surface area contributed by atoms with E-state index in [1.165, 1.54) is 0 Å². The molecule has 19 heavy (non-hydrogen) atoms. The van der Waals surface area contributed by atoms with Gasteiger partial charge >= 0.3 is 120 Å². The molecule has 0 aromatic rings. The van der Waals surface area contributed by atoms with E-state index in [1.807, 2.05) is 0 Å². The Hall–Kier alpha value is -0.521. The Morgan fingerprint density at radius 3 is 1.53 bits per heavy atom. The van der Waals surface area contributed by atoms with E-state index in [0.29, 0.717) is 11.1 Å². The topological polar surface area (TPSA) is 52.6 Å². The second-order valence-corrected chi connectivity index (χ2v) is 14.4. The zero-order valence-electron chi connectivity index (χ0n) is 12.4. The van der Waals surface area contributed by atoms with Crippen LogP contribution in [-0.4, -0.2) is 31.1 Å². The summed E-state index contributed by atoms with van der Waals surface area (Å²) in [4.78, 5) is 24.1. The van der Waals surface area contributed by atoms with Crippen molar-refractivity contribution in [1.29, 1.82) is 0 Å². The first kappa shape index (κ1) is 16.5. The molecule has 5 heteroatoms. The van der Waals surface area contributed by atoms with Crippen LogP contribution in [0.25, 0.3) is 0 Å². The average molecular weight is 375 g/mol. The number of hydrogen-bond acceptors (Lipinski definition) is 4. The van der Waals surface area contributed by atoms with E-state index in [9.17, 15) is 9.59 Å². The first-order chi connectivity index (χ1) is 8.95. The second kappa shape index (κ2) is 7.31. The van der Waals surface area contributed by atoms with Crippen LogP contribution in [0.15, 0.2) is 11.1 Å². The van der Waals surface area contributed by atoms with Crippen LogP contribution in [0.4, 0.5) is 0 Å². The summed E-state index contributed by atoms with van der Waals surface area (Å²) in [7, 11) is 0. The Labute approximate surface area is 120 Å². The van der Waals surface area contributed by atoms with Gasteiger partial charge in [-0.3, -0.25) is 0 Å². The van der Waals surface area contributed by atoms with Crippen molar-refractivity contribution in [2.45, 2.75) is 62.3 Å². The van der Waals surface area contributed by atoms with Crippen molar-refractivity contribution >= 4 is 31.1 Å². The first-order valence-corrected chi connectivity index (χ1v) is 13.5. The standard InChI is InChI=1S/C6H8O4.2C4H9.Sn/c1-3(5(7)8)4(2)6(9)10;2*1-3-4-2;/h1-2H3,(H,7,8)(H,9,10);2*1,3-4H2,2H3;/q;;;+2/p-2. The third-order valence-corrected chi connectivity index (χ3v) is 13.1. The van der Waals surface area contributed by atoms with Gasteiger partial charge in [0.25, 0.3) is 0 Å². The second-order valence-electron chi connectivity index (χ2n) is 5.15. The molecule has 0 amide bonds. The van der Waals surface area contributed by atoms with Gasteiger partial charge in [-0.05, 0) is 0 Å². The van der Waals surface area contributed by atoms with Crippen molar-refractivity contribution in [3.8, 4) is 0 Å². The van der Waals surface area contributed by atoms with E-state index in [0.717, 1.165) is 34.6 Å². The van der Waals surface area contributed by atoms with Crippen LogP contribution in [0.1, 0.15) is 53.4 Å². The molecule has 1 aliphatic rings. The Morgan fingerprint density at radius 2 is 1.21 bits per heavy atom. The molecule has 0 aromatic carbocycles. The summed E-state index contributed by atoms with van der Waals surface area (Å²) in [5, 5.41) is 0. The third-order valence-electron chi connectivity index (χ3n) is 3.55. The summed E-state index contributed by atoms with van der Waals surface area (Å²) in [5.74, 6) is -0.683. The Kier molecular flexibility index (Phi) is 6.36. The molecule has 108 valence electrons. The fourth-order valence-electron chi connectivity index (χ4n) is 2.04. The van der Waals surface area contributed by atoms with Crippen LogP contribution < -0.4 is 0 Å². The SMILES string of the molecule is CCC[CH2][Sn]1([CH2]CCC)[O]C(=O)C(C)=C(C)C(=O)[O]1. The minimum atomic E-state index is -3.57. The fraction of sp³-hybridized carbons (Fsp3) is 0.714. The van der Waals surface area contributed by atoms with Crippen molar-refractivity contribution in [1.82, 2.24) is 0 Å². The van der Waals surface area contributed by atoms with Gasteiger partial charge in [-0.2, -0.15) is 0 Å². The summed E-state index contributed by atoms with van der Waals surface area (Å²) >= 11 is -3.57. The van der Waals surface area contributed by atoms with Crippen LogP contribution >= 0.6 is 0 Å². The van der Waals surface area contributed by atoms with Crippen molar-refractivity contribution in [2.75, 3.05) is 0 Å². The Morgan fingerprint density at radius 1 is 0.842 bits per heavy atom. The van der Waals surface area contributed by atoms with E-state index >= 15 is 0 Å². The van der Waals surface area contributed by atoms with Crippen molar-refractivity contribution in [2.24, 2.45) is 0 Å². The number of carbonyl (C=O) groups is 2. The molecule has 0 spiro atoms. The number of unbranched alkanes of at least 4 members (excludes halogenated alkanes) is 2. The average Bonchev–Trinajstić information content (AvgIpc) is 2.47. The van der Waals surface area contributed by atoms with Gasteiger partial charge in [-0.25, -0.2) is 0 Å². The molecule has 0 atom stereocenters. The summed E-state index contributed by atoms with van der Waals surface area (Å²) < 4.78 is 13.0. The van der Waals surface area contributed by atoms with E-state index in [1.54, 1.807) is 13.8 Å². The van der Waals surface area contributed by atoms with Crippen molar-refractivity contribution in [3.63, 3.8) is 0 Å². The molecule has 0 aliphatic carbocycles. The van der Waals surface area contributed by atoms with Gasteiger partial charge in [0.15, 0.2) is 0 Å². The molecular formula is C14H24O4Sn. The van der Waals surface area contributed by atoms with Gasteiger partial charge in [0, 0.05) is 0 Å². The minimum absolute atomic E-state index is 0.341. The van der Waals surface area contributed by atoms with Crippen LogP contribution in [-0.2, 0) is 15.7 Å². The summed E-state index contributed by atoms with van der Waals surface area (Å²) in [6, 6.07) is 0. The molecule has 0 aromatic heterocycles. The molecule has 1 rings (SSSR count). The zero-order valence-corrected chi connectivity index (χ0v) is 15.2. The molecule has 0 bridgehead atoms. The van der Waals surface area contributed by atoms with Crippen molar-refractivity contribution < 1.29 is 15.7 Å². The van der Waals surface area contributed by atoms with E-state index in [2.05, 4.69) is 13.8 Å². The monoisotopic (exact) mass is 376 g/mol. The molecule has 0 saturated heterocycles. The summed E-state index contributed by atoms with van der Waals surface area (Å²) in [5.41, 5.74) is 0.799. The Balaban J connectivity index is 2.98. The predicted molar refractivity (Wildman–Crippen MR) is 75.7 cm³/mol. The Bertz CT molecular complexity index is 351. The number of hydrogen-bond donors (Lipinski definition) is 0. The number of rotatable bonds is 6.